The second kappa shape index (κ2) is 8.61. The van der Waals surface area contributed by atoms with Crippen molar-refractivity contribution in [3.63, 3.8) is 0 Å². The smallest absolute Gasteiger partial charge is 0.237 e. The van der Waals surface area contributed by atoms with Crippen molar-refractivity contribution in [3.8, 4) is 23.3 Å². The van der Waals surface area contributed by atoms with Crippen LogP contribution in [0.1, 0.15) is 27.8 Å². The van der Waals surface area contributed by atoms with Gasteiger partial charge in [0.05, 0.1) is 31.9 Å². The molecular formula is C29H7F4N5. The van der Waals surface area contributed by atoms with Crippen molar-refractivity contribution in [1.29, 1.82) is 10.5 Å². The summed E-state index contributed by atoms with van der Waals surface area (Å²) in [5.74, 6) is -7.93. The van der Waals surface area contributed by atoms with Crippen molar-refractivity contribution in [1.82, 2.24) is 0 Å². The minimum Gasteiger partial charge on any atom is -0.237 e. The topological polar surface area (TPSA) is 60.7 Å². The lowest BCUT2D eigenvalue weighted by molar-refractivity contribution is 0.407. The summed E-state index contributed by atoms with van der Waals surface area (Å²) in [5, 5.41) is 19.2. The number of halogens is 4. The third-order valence-electron chi connectivity index (χ3n) is 6.33. The van der Waals surface area contributed by atoms with Crippen molar-refractivity contribution >= 4 is 22.4 Å². The molecule has 38 heavy (non-hydrogen) atoms. The molecule has 0 spiro atoms. The van der Waals surface area contributed by atoms with Crippen molar-refractivity contribution < 1.29 is 17.6 Å². The Hall–Kier alpha value is -5.95. The molecule has 2 aliphatic carbocycles. The van der Waals surface area contributed by atoms with E-state index in [1.165, 1.54) is 12.1 Å². The van der Waals surface area contributed by atoms with Crippen LogP contribution in [0.2, 0.25) is 0 Å². The van der Waals surface area contributed by atoms with E-state index in [1.807, 2.05) is 6.07 Å². The summed E-state index contributed by atoms with van der Waals surface area (Å²) in [6.45, 7) is 22.5. The maximum Gasteiger partial charge on any atom is 0.270 e. The fourth-order valence-electron chi connectivity index (χ4n) is 4.84. The Bertz CT molecular complexity index is 1930. The largest absolute Gasteiger partial charge is 0.270 e. The van der Waals surface area contributed by atoms with Gasteiger partial charge >= 0.3 is 0 Å². The molecule has 0 aromatic heterocycles. The first-order valence-electron chi connectivity index (χ1n) is 10.6. The Balaban J connectivity index is 1.92. The van der Waals surface area contributed by atoms with Gasteiger partial charge in [0.1, 0.15) is 0 Å². The standard InChI is InChI=1S/C29H7F4N5/c1-36-18(11-34)21-16-7-5-4-6-14(16)15-9-8-13(10-17(15)21)20-22(19(12-35)37-2)23-24(29(20)38-3)26(31)28(33)27(32)25(23)30/h4-10H/b21-18+,22-19+. The van der Waals surface area contributed by atoms with Gasteiger partial charge in [0.25, 0.3) is 11.4 Å². The molecule has 3 aromatic carbocycles. The summed E-state index contributed by atoms with van der Waals surface area (Å²) >= 11 is 0. The second-order valence-corrected chi connectivity index (χ2v) is 8.04. The van der Waals surface area contributed by atoms with Crippen LogP contribution in [0.3, 0.4) is 0 Å². The first-order valence-corrected chi connectivity index (χ1v) is 10.6. The van der Waals surface area contributed by atoms with Crippen molar-refractivity contribution in [2.24, 2.45) is 0 Å². The van der Waals surface area contributed by atoms with Crippen molar-refractivity contribution in [2.45, 2.75) is 0 Å². The number of allylic oxidation sites excluding steroid dienone is 4. The van der Waals surface area contributed by atoms with Crippen molar-refractivity contribution in [3.05, 3.63) is 139 Å². The maximum absolute atomic E-state index is 15.0. The highest BCUT2D eigenvalue weighted by Crippen LogP contribution is 2.53. The molecule has 0 atom stereocenters. The van der Waals surface area contributed by atoms with Gasteiger partial charge in [-0.3, -0.25) is 0 Å². The lowest BCUT2D eigenvalue weighted by Crippen LogP contribution is -2.04. The highest BCUT2D eigenvalue weighted by Gasteiger charge is 2.39. The molecule has 0 heterocycles. The van der Waals surface area contributed by atoms with Crippen molar-refractivity contribution in [2.75, 3.05) is 0 Å². The quantitative estimate of drug-likeness (QED) is 0.0898. The number of benzene rings is 3. The molecule has 0 saturated carbocycles. The maximum atomic E-state index is 15.0. The van der Waals surface area contributed by atoms with Crippen LogP contribution in [0.5, 0.6) is 0 Å². The monoisotopic (exact) mass is 501 g/mol. The molecule has 176 valence electrons. The summed E-state index contributed by atoms with van der Waals surface area (Å²) in [5.41, 5.74) is -1.51. The first-order chi connectivity index (χ1) is 18.3. The summed E-state index contributed by atoms with van der Waals surface area (Å²) in [6.07, 6.45) is 0. The van der Waals surface area contributed by atoms with Crippen LogP contribution in [0.25, 0.3) is 48.1 Å². The highest BCUT2D eigenvalue weighted by atomic mass is 19.2. The fraction of sp³-hybridized carbons (Fsp3) is 0. The molecule has 0 amide bonds. The molecule has 2 aliphatic rings. The third-order valence-corrected chi connectivity index (χ3v) is 6.33. The number of hydrogen-bond acceptors (Lipinski definition) is 2. The third kappa shape index (κ3) is 2.99. The molecule has 5 nitrogen and oxygen atoms in total. The molecule has 5 rings (SSSR count). The van der Waals surface area contributed by atoms with Crippen LogP contribution in [0.15, 0.2) is 53.9 Å². The van der Waals surface area contributed by atoms with E-state index in [2.05, 4.69) is 14.5 Å². The zero-order valence-corrected chi connectivity index (χ0v) is 18.8. The molecule has 3 aromatic rings. The second-order valence-electron chi connectivity index (χ2n) is 8.04. The summed E-state index contributed by atoms with van der Waals surface area (Å²) in [6, 6.07) is 14.9. The van der Waals surface area contributed by atoms with Gasteiger partial charge in [-0.05, 0) is 45.0 Å². The van der Waals surface area contributed by atoms with Gasteiger partial charge in [0, 0.05) is 16.7 Å². The number of hydrogen-bond donors (Lipinski definition) is 0. The number of nitrogens with zero attached hydrogens (tertiary/aromatic N) is 5. The Labute approximate surface area is 213 Å². The van der Waals surface area contributed by atoms with Gasteiger partial charge in [0.15, 0.2) is 23.3 Å². The average molecular weight is 501 g/mol. The highest BCUT2D eigenvalue weighted by molar-refractivity contribution is 6.24. The molecule has 0 saturated heterocycles. The summed E-state index contributed by atoms with van der Waals surface area (Å²) in [4.78, 5) is 9.64. The van der Waals surface area contributed by atoms with Gasteiger partial charge in [-0.2, -0.15) is 0 Å². The fourth-order valence-corrected chi connectivity index (χ4v) is 4.84. The Morgan fingerprint density at radius 3 is 1.79 bits per heavy atom. The van der Waals surface area contributed by atoms with Gasteiger partial charge < -0.3 is 0 Å². The predicted octanol–water partition coefficient (Wildman–Crippen LogP) is 7.38. The van der Waals surface area contributed by atoms with E-state index in [9.17, 15) is 23.7 Å². The van der Waals surface area contributed by atoms with Crippen LogP contribution >= 0.6 is 0 Å². The molecular weight excluding hydrogens is 494 g/mol. The molecule has 0 aliphatic heterocycles. The molecule has 0 unspecified atom stereocenters. The molecule has 0 bridgehead atoms. The van der Waals surface area contributed by atoms with Crippen LogP contribution < -0.4 is 0 Å². The molecule has 0 fully saturated rings. The van der Waals surface area contributed by atoms with Crippen LogP contribution in [-0.4, -0.2) is 0 Å². The Morgan fingerprint density at radius 2 is 1.21 bits per heavy atom. The zero-order chi connectivity index (χ0) is 27.3. The van der Waals surface area contributed by atoms with Crippen LogP contribution in [0, 0.1) is 65.6 Å². The summed E-state index contributed by atoms with van der Waals surface area (Å²) < 4.78 is 58.5. The van der Waals surface area contributed by atoms with Gasteiger partial charge in [-0.1, -0.05) is 36.4 Å². The van der Waals surface area contributed by atoms with E-state index in [0.29, 0.717) is 27.8 Å². The minimum atomic E-state index is -2.14. The summed E-state index contributed by atoms with van der Waals surface area (Å²) in [7, 11) is 0. The van der Waals surface area contributed by atoms with Crippen LogP contribution in [-0.2, 0) is 0 Å². The van der Waals surface area contributed by atoms with E-state index in [-0.39, 0.29) is 16.8 Å². The lowest BCUT2D eigenvalue weighted by atomic mass is 9.91. The Kier molecular flexibility index (Phi) is 5.39. The first kappa shape index (κ1) is 23.8. The minimum absolute atomic E-state index is 0.0875. The zero-order valence-electron chi connectivity index (χ0n) is 18.8. The van der Waals surface area contributed by atoms with E-state index in [1.54, 1.807) is 36.4 Å². The van der Waals surface area contributed by atoms with Gasteiger partial charge in [0.2, 0.25) is 5.70 Å². The van der Waals surface area contributed by atoms with Gasteiger partial charge in [-0.15, -0.1) is 0 Å². The van der Waals surface area contributed by atoms with E-state index < -0.39 is 51.4 Å². The van der Waals surface area contributed by atoms with Crippen LogP contribution in [0.4, 0.5) is 17.6 Å². The van der Waals surface area contributed by atoms with Gasteiger partial charge in [-0.25, -0.2) is 42.6 Å². The average Bonchev–Trinajstić information content (AvgIpc) is 3.45. The molecule has 9 heteroatoms. The number of rotatable bonds is 1. The van der Waals surface area contributed by atoms with E-state index in [4.69, 9.17) is 19.7 Å². The van der Waals surface area contributed by atoms with E-state index >= 15 is 4.39 Å². The molecule has 0 N–H and O–H groups in total. The number of nitriles is 2. The SMILES string of the molecule is [C-]#[N+]C1=C(c2ccc3c(c2)/C(=C(\C#N)[N+]#[C-])c2ccccc2-3)/C(=C(/C#N)[N+]#[C-])c2c(F)c(F)c(F)c(F)c21. The van der Waals surface area contributed by atoms with E-state index in [0.717, 1.165) is 0 Å². The lowest BCUT2D eigenvalue weighted by Gasteiger charge is -2.13. The Morgan fingerprint density at radius 1 is 0.658 bits per heavy atom. The predicted molar refractivity (Wildman–Crippen MR) is 129 cm³/mol. The molecule has 0 radical (unpaired) electrons. The normalized spacial score (nSPS) is 15.2. The number of fused-ring (bicyclic) bond motifs is 4.